The Labute approximate surface area is 209 Å². The van der Waals surface area contributed by atoms with Crippen molar-refractivity contribution in [2.24, 2.45) is 0 Å². The van der Waals surface area contributed by atoms with Crippen LogP contribution in [0, 0.1) is 0 Å². The molecule has 0 aliphatic carbocycles. The molecule has 0 saturated carbocycles. The first-order valence-electron chi connectivity index (χ1n) is 11.2. The van der Waals surface area contributed by atoms with Gasteiger partial charge in [0.15, 0.2) is 11.0 Å². The zero-order chi connectivity index (χ0) is 24.1. The Kier molecular flexibility index (Phi) is 7.70. The molecule has 1 heterocycles. The number of hydrogen-bond acceptors (Lipinski definition) is 4. The van der Waals surface area contributed by atoms with Gasteiger partial charge in [0.25, 0.3) is 0 Å². The number of carbonyl (C=O) groups excluding carboxylic acids is 1. The van der Waals surface area contributed by atoms with Crippen molar-refractivity contribution in [3.63, 3.8) is 0 Å². The standard InChI is InChI=1S/C27H27ClN4OS/c1-19(2)23-11-7-8-12-24(23)32-26(21-13-15-22(28)16-14-21)29-30-27(32)34-18-25(33)31(3)17-20-9-5-4-6-10-20/h4-16,19H,17-18H2,1-3H3. The fraction of sp³-hybridized carbons (Fsp3) is 0.222. The van der Waals surface area contributed by atoms with E-state index >= 15 is 0 Å². The minimum Gasteiger partial charge on any atom is -0.341 e. The number of aromatic nitrogens is 3. The summed E-state index contributed by atoms with van der Waals surface area (Å²) in [5.41, 5.74) is 4.21. The molecule has 0 radical (unpaired) electrons. The van der Waals surface area contributed by atoms with Crippen LogP contribution in [0.25, 0.3) is 17.1 Å². The Morgan fingerprint density at radius 1 is 0.971 bits per heavy atom. The zero-order valence-electron chi connectivity index (χ0n) is 19.5. The maximum absolute atomic E-state index is 12.9. The number of rotatable bonds is 8. The second-order valence-electron chi connectivity index (χ2n) is 8.39. The van der Waals surface area contributed by atoms with Crippen LogP contribution in [0.1, 0.15) is 30.9 Å². The molecule has 4 rings (SSSR count). The van der Waals surface area contributed by atoms with E-state index in [1.165, 1.54) is 17.3 Å². The maximum atomic E-state index is 12.9. The minimum absolute atomic E-state index is 0.0357. The molecular formula is C27H27ClN4OS. The van der Waals surface area contributed by atoms with Crippen LogP contribution in [0.3, 0.4) is 0 Å². The lowest BCUT2D eigenvalue weighted by molar-refractivity contribution is -0.127. The molecular weight excluding hydrogens is 464 g/mol. The van der Waals surface area contributed by atoms with Crippen molar-refractivity contribution in [2.75, 3.05) is 12.8 Å². The average molecular weight is 491 g/mol. The van der Waals surface area contributed by atoms with E-state index in [1.807, 2.05) is 78.3 Å². The van der Waals surface area contributed by atoms with Gasteiger partial charge in [-0.3, -0.25) is 9.36 Å². The van der Waals surface area contributed by atoms with E-state index in [2.05, 4.69) is 36.2 Å². The lowest BCUT2D eigenvalue weighted by Gasteiger charge is -2.18. The summed E-state index contributed by atoms with van der Waals surface area (Å²) in [6, 6.07) is 25.8. The summed E-state index contributed by atoms with van der Waals surface area (Å²) in [5.74, 6) is 1.34. The Morgan fingerprint density at radius 2 is 1.65 bits per heavy atom. The van der Waals surface area contributed by atoms with Crippen LogP contribution in [0.15, 0.2) is 84.0 Å². The van der Waals surface area contributed by atoms with Crippen molar-refractivity contribution in [2.45, 2.75) is 31.5 Å². The number of halogens is 1. The second-order valence-corrected chi connectivity index (χ2v) is 9.77. The van der Waals surface area contributed by atoms with Crippen molar-refractivity contribution >= 4 is 29.3 Å². The molecule has 3 aromatic carbocycles. The number of amides is 1. The Morgan fingerprint density at radius 3 is 2.35 bits per heavy atom. The van der Waals surface area contributed by atoms with E-state index in [0.717, 1.165) is 22.6 Å². The molecule has 0 spiro atoms. The topological polar surface area (TPSA) is 51.0 Å². The fourth-order valence-electron chi connectivity index (χ4n) is 3.73. The molecule has 4 aromatic rings. The van der Waals surface area contributed by atoms with Crippen LogP contribution in [0.2, 0.25) is 5.02 Å². The van der Waals surface area contributed by atoms with Gasteiger partial charge in [0.05, 0.1) is 11.4 Å². The number of carbonyl (C=O) groups is 1. The molecule has 174 valence electrons. The van der Waals surface area contributed by atoms with Gasteiger partial charge in [0.1, 0.15) is 0 Å². The lowest BCUT2D eigenvalue weighted by Crippen LogP contribution is -2.27. The summed E-state index contributed by atoms with van der Waals surface area (Å²) >= 11 is 7.51. The summed E-state index contributed by atoms with van der Waals surface area (Å²) in [5, 5.41) is 10.3. The number of para-hydroxylation sites is 1. The second kappa shape index (κ2) is 10.9. The smallest absolute Gasteiger partial charge is 0.233 e. The summed E-state index contributed by atoms with van der Waals surface area (Å²) in [6.45, 7) is 4.90. The van der Waals surface area contributed by atoms with E-state index in [-0.39, 0.29) is 11.7 Å². The summed E-state index contributed by atoms with van der Waals surface area (Å²) in [7, 11) is 1.83. The van der Waals surface area contributed by atoms with Gasteiger partial charge in [0.2, 0.25) is 5.91 Å². The molecule has 1 aromatic heterocycles. The number of hydrogen-bond donors (Lipinski definition) is 0. The molecule has 0 aliphatic heterocycles. The van der Waals surface area contributed by atoms with Gasteiger partial charge >= 0.3 is 0 Å². The highest BCUT2D eigenvalue weighted by molar-refractivity contribution is 7.99. The lowest BCUT2D eigenvalue weighted by atomic mass is 10.0. The van der Waals surface area contributed by atoms with Gasteiger partial charge in [0, 0.05) is 24.2 Å². The van der Waals surface area contributed by atoms with Crippen LogP contribution >= 0.6 is 23.4 Å². The van der Waals surface area contributed by atoms with Gasteiger partial charge in [-0.15, -0.1) is 10.2 Å². The number of benzene rings is 3. The first-order valence-corrected chi connectivity index (χ1v) is 12.5. The fourth-order valence-corrected chi connectivity index (χ4v) is 4.74. The van der Waals surface area contributed by atoms with Gasteiger partial charge in [-0.25, -0.2) is 0 Å². The average Bonchev–Trinajstić information content (AvgIpc) is 3.27. The third kappa shape index (κ3) is 5.51. The SMILES string of the molecule is CC(C)c1ccccc1-n1c(SCC(=O)N(C)Cc2ccccc2)nnc1-c1ccc(Cl)cc1. The molecule has 34 heavy (non-hydrogen) atoms. The number of nitrogens with zero attached hydrogens (tertiary/aromatic N) is 4. The van der Waals surface area contributed by atoms with Crippen LogP contribution in [0.5, 0.6) is 0 Å². The van der Waals surface area contributed by atoms with E-state index < -0.39 is 0 Å². The maximum Gasteiger partial charge on any atom is 0.233 e. The molecule has 7 heteroatoms. The van der Waals surface area contributed by atoms with Crippen molar-refractivity contribution in [1.82, 2.24) is 19.7 Å². The highest BCUT2D eigenvalue weighted by atomic mass is 35.5. The van der Waals surface area contributed by atoms with Gasteiger partial charge < -0.3 is 4.90 Å². The largest absolute Gasteiger partial charge is 0.341 e. The summed E-state index contributed by atoms with van der Waals surface area (Å²) in [6.07, 6.45) is 0. The molecule has 0 N–H and O–H groups in total. The highest BCUT2D eigenvalue weighted by Crippen LogP contribution is 2.32. The molecule has 0 bridgehead atoms. The first kappa shape index (κ1) is 24.0. The monoisotopic (exact) mass is 490 g/mol. The predicted octanol–water partition coefficient (Wildman–Crippen LogP) is 6.46. The summed E-state index contributed by atoms with van der Waals surface area (Å²) in [4.78, 5) is 14.6. The van der Waals surface area contributed by atoms with E-state index in [0.29, 0.717) is 22.6 Å². The van der Waals surface area contributed by atoms with Crippen molar-refractivity contribution in [1.29, 1.82) is 0 Å². The van der Waals surface area contributed by atoms with Gasteiger partial charge in [-0.05, 0) is 47.4 Å². The normalized spacial score (nSPS) is 11.1. The Balaban J connectivity index is 1.64. The van der Waals surface area contributed by atoms with Crippen molar-refractivity contribution in [3.05, 3.63) is 95.0 Å². The Bertz CT molecular complexity index is 1260. The summed E-state index contributed by atoms with van der Waals surface area (Å²) < 4.78 is 2.05. The zero-order valence-corrected chi connectivity index (χ0v) is 21.1. The highest BCUT2D eigenvalue weighted by Gasteiger charge is 2.21. The van der Waals surface area contributed by atoms with Gasteiger partial charge in [-0.1, -0.05) is 85.7 Å². The predicted molar refractivity (Wildman–Crippen MR) is 140 cm³/mol. The minimum atomic E-state index is 0.0357. The molecule has 5 nitrogen and oxygen atoms in total. The molecule has 0 fully saturated rings. The van der Waals surface area contributed by atoms with Crippen LogP contribution in [-0.4, -0.2) is 38.4 Å². The van der Waals surface area contributed by atoms with Crippen molar-refractivity contribution < 1.29 is 4.79 Å². The van der Waals surface area contributed by atoms with E-state index in [9.17, 15) is 4.79 Å². The van der Waals surface area contributed by atoms with Crippen LogP contribution < -0.4 is 0 Å². The molecule has 0 atom stereocenters. The van der Waals surface area contributed by atoms with Gasteiger partial charge in [-0.2, -0.15) is 0 Å². The molecule has 1 amide bonds. The number of thioether (sulfide) groups is 1. The van der Waals surface area contributed by atoms with Crippen LogP contribution in [-0.2, 0) is 11.3 Å². The Hall–Kier alpha value is -3.09. The van der Waals surface area contributed by atoms with Crippen LogP contribution in [0.4, 0.5) is 0 Å². The van der Waals surface area contributed by atoms with Crippen molar-refractivity contribution in [3.8, 4) is 17.1 Å². The van der Waals surface area contributed by atoms with E-state index in [4.69, 9.17) is 11.6 Å². The third-order valence-electron chi connectivity index (χ3n) is 5.55. The molecule has 0 aliphatic rings. The first-order chi connectivity index (χ1) is 16.4. The van der Waals surface area contributed by atoms with E-state index in [1.54, 1.807) is 4.90 Å². The quantitative estimate of drug-likeness (QED) is 0.266. The molecule has 0 unspecified atom stereocenters. The molecule has 0 saturated heterocycles. The third-order valence-corrected chi connectivity index (χ3v) is 6.71.